The molecule has 0 unspecified atom stereocenters. The number of aromatic nitrogens is 1. The van der Waals surface area contributed by atoms with Crippen LogP contribution in [0, 0.1) is 6.92 Å². The molecule has 1 fully saturated rings. The van der Waals surface area contributed by atoms with Crippen LogP contribution < -0.4 is 5.32 Å². The number of hydrogen-bond donors (Lipinski definition) is 1. The van der Waals surface area contributed by atoms with Gasteiger partial charge in [0.2, 0.25) is 5.91 Å². The Bertz CT molecular complexity index is 458. The number of nitrogens with one attached hydrogen (secondary N) is 1. The lowest BCUT2D eigenvalue weighted by Crippen LogP contribution is -2.52. The molecule has 0 saturated carbocycles. The molecule has 8 nitrogen and oxygen atoms in total. The summed E-state index contributed by atoms with van der Waals surface area (Å²) in [5, 5.41) is 9.83. The van der Waals surface area contributed by atoms with Gasteiger partial charge in [-0.05, 0) is 12.5 Å². The maximum Gasteiger partial charge on any atom is 0.239 e. The van der Waals surface area contributed by atoms with E-state index in [2.05, 4.69) is 20.5 Å². The molecule has 1 amide bonds. The van der Waals surface area contributed by atoms with Gasteiger partial charge in [0.05, 0.1) is 12.6 Å². The van der Waals surface area contributed by atoms with E-state index in [1.807, 2.05) is 4.90 Å². The Morgan fingerprint density at radius 1 is 1.82 bits per heavy atom. The van der Waals surface area contributed by atoms with Gasteiger partial charge in [-0.25, -0.2) is 0 Å². The molecule has 0 spiro atoms. The van der Waals surface area contributed by atoms with Crippen LogP contribution in [0.15, 0.2) is 15.7 Å². The van der Waals surface area contributed by atoms with Crippen molar-refractivity contribution in [2.45, 2.75) is 13.0 Å². The van der Waals surface area contributed by atoms with Gasteiger partial charge in [-0.3, -0.25) is 9.69 Å². The van der Waals surface area contributed by atoms with Gasteiger partial charge in [0, 0.05) is 24.1 Å². The summed E-state index contributed by atoms with van der Waals surface area (Å²) in [7, 11) is 0. The van der Waals surface area contributed by atoms with Crippen LogP contribution in [0.4, 0.5) is 5.82 Å². The van der Waals surface area contributed by atoms with Crippen LogP contribution >= 0.6 is 0 Å². The molecule has 1 N–H and O–H groups in total. The van der Waals surface area contributed by atoms with Crippen molar-refractivity contribution in [2.24, 2.45) is 5.11 Å². The molecule has 0 aromatic carbocycles. The van der Waals surface area contributed by atoms with E-state index < -0.39 is 0 Å². The van der Waals surface area contributed by atoms with Crippen molar-refractivity contribution < 1.29 is 9.32 Å². The minimum Gasteiger partial charge on any atom is -0.360 e. The molecule has 0 bridgehead atoms. The lowest BCUT2D eigenvalue weighted by atomic mass is 10.1. The molecular weight excluding hydrogens is 224 g/mol. The standard InChI is InChI=1S/C9H12N6O2/c1-6-2-8(13-17-6)11-9(16)5-15-3-7(4-15)12-14-10/h2,7H,3-5H2,1H3,(H,11,13,16). The van der Waals surface area contributed by atoms with Crippen molar-refractivity contribution >= 4 is 11.7 Å². The Labute approximate surface area is 97.2 Å². The van der Waals surface area contributed by atoms with Gasteiger partial charge in [0.1, 0.15) is 5.76 Å². The summed E-state index contributed by atoms with van der Waals surface area (Å²) in [6.07, 6.45) is 0. The SMILES string of the molecule is Cc1cc(NC(=O)CN2CC(N=[N+]=[N-])C2)no1. The summed E-state index contributed by atoms with van der Waals surface area (Å²) in [5.41, 5.74) is 8.21. The van der Waals surface area contributed by atoms with Crippen LogP contribution in [0.3, 0.4) is 0 Å². The Morgan fingerprint density at radius 2 is 2.59 bits per heavy atom. The summed E-state index contributed by atoms with van der Waals surface area (Å²) in [6, 6.07) is 1.64. The lowest BCUT2D eigenvalue weighted by Gasteiger charge is -2.35. The minimum absolute atomic E-state index is 0.0119. The lowest BCUT2D eigenvalue weighted by molar-refractivity contribution is -0.118. The molecule has 1 aliphatic rings. The third-order valence-electron chi connectivity index (χ3n) is 2.42. The number of hydrogen-bond acceptors (Lipinski definition) is 5. The van der Waals surface area contributed by atoms with E-state index in [-0.39, 0.29) is 18.5 Å². The number of rotatable bonds is 4. The molecule has 90 valence electrons. The Hall–Kier alpha value is -2.05. The maximum absolute atomic E-state index is 11.6. The van der Waals surface area contributed by atoms with Gasteiger partial charge in [-0.2, -0.15) is 0 Å². The number of anilines is 1. The molecule has 0 atom stereocenters. The summed E-state index contributed by atoms with van der Waals surface area (Å²) >= 11 is 0. The molecular formula is C9H12N6O2. The molecule has 0 radical (unpaired) electrons. The van der Waals surface area contributed by atoms with Crippen molar-refractivity contribution in [2.75, 3.05) is 25.0 Å². The molecule has 1 aliphatic heterocycles. The largest absolute Gasteiger partial charge is 0.360 e. The Balaban J connectivity index is 1.74. The molecule has 17 heavy (non-hydrogen) atoms. The van der Waals surface area contributed by atoms with E-state index in [1.165, 1.54) is 0 Å². The molecule has 2 heterocycles. The predicted molar refractivity (Wildman–Crippen MR) is 59.2 cm³/mol. The third kappa shape index (κ3) is 2.96. The molecule has 1 saturated heterocycles. The van der Waals surface area contributed by atoms with Crippen LogP contribution in [-0.4, -0.2) is 41.6 Å². The molecule has 8 heteroatoms. The first-order valence-electron chi connectivity index (χ1n) is 5.17. The summed E-state index contributed by atoms with van der Waals surface area (Å²) in [6.45, 7) is 3.26. The normalized spacial score (nSPS) is 16.1. The van der Waals surface area contributed by atoms with Crippen LogP contribution in [0.2, 0.25) is 0 Å². The zero-order chi connectivity index (χ0) is 12.3. The molecule has 1 aromatic rings. The maximum atomic E-state index is 11.6. The van der Waals surface area contributed by atoms with E-state index in [0.29, 0.717) is 24.7 Å². The summed E-state index contributed by atoms with van der Waals surface area (Å²) in [4.78, 5) is 16.2. The first-order chi connectivity index (χ1) is 8.17. The Morgan fingerprint density at radius 3 is 3.18 bits per heavy atom. The number of carbonyl (C=O) groups is 1. The fourth-order valence-electron chi connectivity index (χ4n) is 1.63. The first kappa shape index (κ1) is 11.4. The number of aryl methyl sites for hydroxylation is 1. The second kappa shape index (κ2) is 4.86. The fourth-order valence-corrected chi connectivity index (χ4v) is 1.63. The first-order valence-corrected chi connectivity index (χ1v) is 5.17. The van der Waals surface area contributed by atoms with Gasteiger partial charge in [-0.15, -0.1) is 0 Å². The van der Waals surface area contributed by atoms with E-state index in [0.717, 1.165) is 0 Å². The number of carbonyl (C=O) groups excluding carboxylic acids is 1. The number of nitrogens with zero attached hydrogens (tertiary/aromatic N) is 5. The number of likely N-dealkylation sites (tertiary alicyclic amines) is 1. The van der Waals surface area contributed by atoms with Gasteiger partial charge in [-0.1, -0.05) is 10.3 Å². The second-order valence-corrected chi connectivity index (χ2v) is 3.92. The zero-order valence-electron chi connectivity index (χ0n) is 9.33. The minimum atomic E-state index is -0.155. The highest BCUT2D eigenvalue weighted by Crippen LogP contribution is 2.12. The quantitative estimate of drug-likeness (QED) is 0.476. The summed E-state index contributed by atoms with van der Waals surface area (Å²) < 4.78 is 4.83. The number of amides is 1. The van der Waals surface area contributed by atoms with E-state index in [1.54, 1.807) is 13.0 Å². The van der Waals surface area contributed by atoms with Crippen LogP contribution in [0.1, 0.15) is 5.76 Å². The fraction of sp³-hybridized carbons (Fsp3) is 0.556. The third-order valence-corrected chi connectivity index (χ3v) is 2.42. The van der Waals surface area contributed by atoms with Crippen molar-refractivity contribution in [3.8, 4) is 0 Å². The van der Waals surface area contributed by atoms with Crippen LogP contribution in [0.25, 0.3) is 10.4 Å². The number of azide groups is 1. The van der Waals surface area contributed by atoms with E-state index in [9.17, 15) is 4.79 Å². The van der Waals surface area contributed by atoms with Crippen LogP contribution in [-0.2, 0) is 4.79 Å². The zero-order valence-corrected chi connectivity index (χ0v) is 9.33. The van der Waals surface area contributed by atoms with Crippen molar-refractivity contribution in [1.29, 1.82) is 0 Å². The van der Waals surface area contributed by atoms with Crippen molar-refractivity contribution in [3.63, 3.8) is 0 Å². The second-order valence-electron chi connectivity index (χ2n) is 3.92. The topological polar surface area (TPSA) is 107 Å². The highest BCUT2D eigenvalue weighted by Gasteiger charge is 2.27. The van der Waals surface area contributed by atoms with Gasteiger partial charge >= 0.3 is 0 Å². The van der Waals surface area contributed by atoms with E-state index in [4.69, 9.17) is 10.1 Å². The molecule has 2 rings (SSSR count). The highest BCUT2D eigenvalue weighted by molar-refractivity contribution is 5.91. The smallest absolute Gasteiger partial charge is 0.239 e. The van der Waals surface area contributed by atoms with Crippen molar-refractivity contribution in [3.05, 3.63) is 22.3 Å². The van der Waals surface area contributed by atoms with Gasteiger partial charge in [0.15, 0.2) is 5.82 Å². The van der Waals surface area contributed by atoms with Crippen molar-refractivity contribution in [1.82, 2.24) is 10.1 Å². The highest BCUT2D eigenvalue weighted by atomic mass is 16.5. The van der Waals surface area contributed by atoms with Crippen LogP contribution in [0.5, 0.6) is 0 Å². The van der Waals surface area contributed by atoms with Gasteiger partial charge < -0.3 is 9.84 Å². The average Bonchev–Trinajstić information content (AvgIpc) is 2.61. The summed E-state index contributed by atoms with van der Waals surface area (Å²) in [5.74, 6) is 0.907. The molecule has 0 aliphatic carbocycles. The van der Waals surface area contributed by atoms with E-state index >= 15 is 0 Å². The van der Waals surface area contributed by atoms with Gasteiger partial charge in [0.25, 0.3) is 0 Å². The average molecular weight is 236 g/mol. The monoisotopic (exact) mass is 236 g/mol. The Kier molecular flexibility index (Phi) is 3.27. The predicted octanol–water partition coefficient (Wildman–Crippen LogP) is 0.916. The molecule has 1 aromatic heterocycles.